The van der Waals surface area contributed by atoms with Crippen molar-refractivity contribution in [1.29, 1.82) is 0 Å². The third-order valence-electron chi connectivity index (χ3n) is 5.95. The quantitative estimate of drug-likeness (QED) is 0.790. The zero-order valence-electron chi connectivity index (χ0n) is 17.1. The van der Waals surface area contributed by atoms with Crippen molar-refractivity contribution in [2.45, 2.75) is 20.8 Å². The molecule has 1 aromatic heterocycles. The molecule has 7 heteroatoms. The molecule has 150 valence electrons. The summed E-state index contributed by atoms with van der Waals surface area (Å²) in [6.45, 7) is 10.6. The number of hydrogen-bond acceptors (Lipinski definition) is 6. The fraction of sp³-hybridized carbons (Fsp3) is 0.409. The topological polar surface area (TPSA) is 64.7 Å². The highest BCUT2D eigenvalue weighted by molar-refractivity contribution is 6.17. The molecule has 4 heterocycles. The number of carbonyl (C=O) groups is 1. The number of fused-ring (bicyclic) bond motifs is 3. The molecule has 0 radical (unpaired) electrons. The summed E-state index contributed by atoms with van der Waals surface area (Å²) in [5.41, 5.74) is 5.17. The summed E-state index contributed by atoms with van der Waals surface area (Å²) in [6.07, 6.45) is 1.74. The lowest BCUT2D eigenvalue weighted by Gasteiger charge is -2.37. The number of anilines is 1. The Kier molecular flexibility index (Phi) is 4.19. The number of aryl methyl sites for hydroxylation is 3. The normalized spacial score (nSPS) is 18.0. The SMILES string of the molecule is Cc1ccc(N2CCN(C(=O)c3c(C)oc4c3C3=NCCN3C=N4)CC2)c(C)c1. The van der Waals surface area contributed by atoms with Crippen molar-refractivity contribution < 1.29 is 9.21 Å². The average Bonchev–Trinajstić information content (AvgIpc) is 3.31. The number of piperazine rings is 1. The number of nitrogens with zero attached hydrogens (tertiary/aromatic N) is 5. The fourth-order valence-electron chi connectivity index (χ4n) is 4.47. The minimum atomic E-state index is 0.0134. The number of amidine groups is 1. The first-order valence-electron chi connectivity index (χ1n) is 10.1. The van der Waals surface area contributed by atoms with Crippen LogP contribution < -0.4 is 4.90 Å². The Morgan fingerprint density at radius 2 is 1.86 bits per heavy atom. The van der Waals surface area contributed by atoms with E-state index in [0.29, 0.717) is 36.8 Å². The Hall–Kier alpha value is -3.09. The van der Waals surface area contributed by atoms with E-state index in [0.717, 1.165) is 31.0 Å². The van der Waals surface area contributed by atoms with Crippen molar-refractivity contribution in [2.75, 3.05) is 44.2 Å². The Morgan fingerprint density at radius 3 is 2.62 bits per heavy atom. The Labute approximate surface area is 170 Å². The van der Waals surface area contributed by atoms with E-state index in [1.165, 1.54) is 16.8 Å². The third-order valence-corrected chi connectivity index (χ3v) is 5.95. The van der Waals surface area contributed by atoms with Gasteiger partial charge in [-0.15, -0.1) is 0 Å². The van der Waals surface area contributed by atoms with Crippen LogP contribution in [0.3, 0.4) is 0 Å². The molecule has 1 amide bonds. The van der Waals surface area contributed by atoms with Gasteiger partial charge in [0, 0.05) is 38.4 Å². The molecule has 0 saturated carbocycles. The van der Waals surface area contributed by atoms with E-state index in [1.807, 2.05) is 16.7 Å². The van der Waals surface area contributed by atoms with E-state index in [9.17, 15) is 4.79 Å². The van der Waals surface area contributed by atoms with E-state index in [-0.39, 0.29) is 5.91 Å². The Bertz CT molecular complexity index is 1040. The number of carbonyl (C=O) groups excluding carboxylic acids is 1. The van der Waals surface area contributed by atoms with Crippen LogP contribution in [-0.2, 0) is 0 Å². The van der Waals surface area contributed by atoms with E-state index in [2.05, 4.69) is 46.9 Å². The van der Waals surface area contributed by atoms with Gasteiger partial charge in [0.05, 0.1) is 17.7 Å². The van der Waals surface area contributed by atoms with Crippen LogP contribution in [0.2, 0.25) is 0 Å². The maximum absolute atomic E-state index is 13.4. The molecule has 0 atom stereocenters. The zero-order valence-corrected chi connectivity index (χ0v) is 17.1. The summed E-state index contributed by atoms with van der Waals surface area (Å²) in [4.78, 5) is 28.7. The molecule has 3 aliphatic rings. The molecular weight excluding hydrogens is 366 g/mol. The number of furan rings is 1. The highest BCUT2D eigenvalue weighted by Crippen LogP contribution is 2.35. The standard InChI is InChI=1S/C22H25N5O2/c1-14-4-5-17(15(2)12-14)25-8-10-26(11-9-25)22(28)18-16(3)29-21-19(18)20-23-6-7-27(20)13-24-21/h4-5,12-13H,6-11H2,1-3H3. The summed E-state index contributed by atoms with van der Waals surface area (Å²) in [5.74, 6) is 1.94. The van der Waals surface area contributed by atoms with Gasteiger partial charge in [0.2, 0.25) is 5.88 Å². The van der Waals surface area contributed by atoms with Crippen molar-refractivity contribution >= 4 is 29.7 Å². The number of amides is 1. The summed E-state index contributed by atoms with van der Waals surface area (Å²) in [6, 6.07) is 6.54. The molecule has 2 aromatic rings. The molecule has 0 bridgehead atoms. The van der Waals surface area contributed by atoms with Crippen LogP contribution in [-0.4, -0.2) is 67.1 Å². The van der Waals surface area contributed by atoms with Crippen LogP contribution in [0.1, 0.15) is 32.8 Å². The second kappa shape index (κ2) is 6.76. The van der Waals surface area contributed by atoms with Gasteiger partial charge in [-0.3, -0.25) is 9.79 Å². The van der Waals surface area contributed by atoms with Crippen LogP contribution >= 0.6 is 0 Å². The first-order valence-corrected chi connectivity index (χ1v) is 10.1. The molecule has 1 aromatic carbocycles. The molecule has 1 saturated heterocycles. The molecule has 7 nitrogen and oxygen atoms in total. The Morgan fingerprint density at radius 1 is 1.07 bits per heavy atom. The molecule has 0 unspecified atom stereocenters. The number of benzene rings is 1. The fourth-order valence-corrected chi connectivity index (χ4v) is 4.47. The highest BCUT2D eigenvalue weighted by Gasteiger charge is 2.36. The van der Waals surface area contributed by atoms with Crippen molar-refractivity contribution in [3.8, 4) is 0 Å². The average molecular weight is 391 g/mol. The molecule has 5 rings (SSSR count). The first-order chi connectivity index (χ1) is 14.0. The summed E-state index contributed by atoms with van der Waals surface area (Å²) in [7, 11) is 0. The van der Waals surface area contributed by atoms with Crippen LogP contribution in [0.5, 0.6) is 0 Å². The van der Waals surface area contributed by atoms with Gasteiger partial charge < -0.3 is 19.1 Å². The molecule has 0 spiro atoms. The van der Waals surface area contributed by atoms with Gasteiger partial charge in [0.1, 0.15) is 17.9 Å². The van der Waals surface area contributed by atoms with Gasteiger partial charge in [-0.1, -0.05) is 17.7 Å². The largest absolute Gasteiger partial charge is 0.442 e. The van der Waals surface area contributed by atoms with Gasteiger partial charge in [-0.05, 0) is 32.4 Å². The molecular formula is C22H25N5O2. The second-order valence-electron chi connectivity index (χ2n) is 7.93. The lowest BCUT2D eigenvalue weighted by Crippen LogP contribution is -2.49. The van der Waals surface area contributed by atoms with Crippen LogP contribution in [0, 0.1) is 20.8 Å². The van der Waals surface area contributed by atoms with E-state index in [1.54, 1.807) is 6.34 Å². The summed E-state index contributed by atoms with van der Waals surface area (Å²) >= 11 is 0. The van der Waals surface area contributed by atoms with E-state index < -0.39 is 0 Å². The first kappa shape index (κ1) is 18.0. The number of rotatable bonds is 2. The third kappa shape index (κ3) is 2.92. The van der Waals surface area contributed by atoms with E-state index in [4.69, 9.17) is 4.42 Å². The lowest BCUT2D eigenvalue weighted by molar-refractivity contribution is 0.0745. The smallest absolute Gasteiger partial charge is 0.258 e. The van der Waals surface area contributed by atoms with Crippen molar-refractivity contribution in [3.63, 3.8) is 0 Å². The summed E-state index contributed by atoms with van der Waals surface area (Å²) < 4.78 is 5.81. The predicted molar refractivity (Wildman–Crippen MR) is 114 cm³/mol. The maximum atomic E-state index is 13.4. The Balaban J connectivity index is 1.37. The number of aliphatic imine (C=N–C) groups is 2. The van der Waals surface area contributed by atoms with Gasteiger partial charge in [-0.25, -0.2) is 4.99 Å². The van der Waals surface area contributed by atoms with Crippen LogP contribution in [0.25, 0.3) is 0 Å². The predicted octanol–water partition coefficient (Wildman–Crippen LogP) is 2.90. The van der Waals surface area contributed by atoms with Crippen molar-refractivity contribution in [2.24, 2.45) is 9.98 Å². The zero-order chi connectivity index (χ0) is 20.1. The molecule has 0 aliphatic carbocycles. The minimum Gasteiger partial charge on any atom is -0.442 e. The van der Waals surface area contributed by atoms with E-state index >= 15 is 0 Å². The van der Waals surface area contributed by atoms with Crippen LogP contribution in [0.15, 0.2) is 32.6 Å². The minimum absolute atomic E-state index is 0.0134. The van der Waals surface area contributed by atoms with Crippen molar-refractivity contribution in [3.05, 3.63) is 46.2 Å². The van der Waals surface area contributed by atoms with Gasteiger partial charge in [-0.2, -0.15) is 0 Å². The monoisotopic (exact) mass is 391 g/mol. The number of hydrogen-bond donors (Lipinski definition) is 0. The summed E-state index contributed by atoms with van der Waals surface area (Å²) in [5, 5.41) is 0. The van der Waals surface area contributed by atoms with Crippen LogP contribution in [0.4, 0.5) is 11.6 Å². The molecule has 29 heavy (non-hydrogen) atoms. The van der Waals surface area contributed by atoms with Gasteiger partial charge in [0.25, 0.3) is 5.91 Å². The highest BCUT2D eigenvalue weighted by atomic mass is 16.4. The maximum Gasteiger partial charge on any atom is 0.258 e. The second-order valence-corrected chi connectivity index (χ2v) is 7.93. The molecule has 3 aliphatic heterocycles. The lowest BCUT2D eigenvalue weighted by atomic mass is 10.1. The van der Waals surface area contributed by atoms with Crippen molar-refractivity contribution in [1.82, 2.24) is 9.80 Å². The van der Waals surface area contributed by atoms with Gasteiger partial charge >= 0.3 is 0 Å². The van der Waals surface area contributed by atoms with Gasteiger partial charge in [0.15, 0.2) is 0 Å². The molecule has 0 N–H and O–H groups in total. The molecule has 1 fully saturated rings.